The average Bonchev–Trinajstić information content (AvgIpc) is 2.77. The van der Waals surface area contributed by atoms with Crippen molar-refractivity contribution < 1.29 is 4.79 Å². The predicted molar refractivity (Wildman–Crippen MR) is 76.2 cm³/mol. The lowest BCUT2D eigenvalue weighted by Crippen LogP contribution is -2.16. The lowest BCUT2D eigenvalue weighted by Gasteiger charge is -2.10. The largest absolute Gasteiger partial charge is 0.326 e. The van der Waals surface area contributed by atoms with Crippen molar-refractivity contribution in [3.63, 3.8) is 0 Å². The lowest BCUT2D eigenvalue weighted by molar-refractivity contribution is -0.114. The number of carbonyl (C=O) groups is 1. The molecule has 0 fully saturated rings. The van der Waals surface area contributed by atoms with E-state index in [0.717, 1.165) is 28.3 Å². The first-order valence-corrected chi connectivity index (χ1v) is 6.76. The molecule has 1 amide bonds. The molecule has 0 unspecified atom stereocenters. The lowest BCUT2D eigenvalue weighted by atomic mass is 10.1. The van der Waals surface area contributed by atoms with Crippen LogP contribution in [0, 0.1) is 0 Å². The molecule has 0 aliphatic carbocycles. The molecule has 5 nitrogen and oxygen atoms in total. The molecule has 1 aromatic carbocycles. The van der Waals surface area contributed by atoms with Crippen molar-refractivity contribution in [3.8, 4) is 0 Å². The molecule has 0 aliphatic heterocycles. The fraction of sp³-hybridized carbons (Fsp3) is 0.231. The van der Waals surface area contributed by atoms with Gasteiger partial charge in [-0.15, -0.1) is 0 Å². The number of para-hydroxylation sites is 1. The second-order valence-corrected chi connectivity index (χ2v) is 4.96. The number of rotatable bonds is 5. The van der Waals surface area contributed by atoms with E-state index in [1.165, 1.54) is 6.92 Å². The van der Waals surface area contributed by atoms with Crippen LogP contribution in [0.5, 0.6) is 0 Å². The molecular formula is C13H15N3O2S. The maximum absolute atomic E-state index is 11.1. The van der Waals surface area contributed by atoms with Gasteiger partial charge in [0.15, 0.2) is 0 Å². The highest BCUT2D eigenvalue weighted by molar-refractivity contribution is 7.07. The van der Waals surface area contributed by atoms with E-state index in [4.69, 9.17) is 0 Å². The van der Waals surface area contributed by atoms with Gasteiger partial charge < -0.3 is 15.6 Å². The van der Waals surface area contributed by atoms with E-state index < -0.39 is 0 Å². The van der Waals surface area contributed by atoms with Gasteiger partial charge in [-0.2, -0.15) is 0 Å². The van der Waals surface area contributed by atoms with Crippen molar-refractivity contribution in [2.75, 3.05) is 5.32 Å². The van der Waals surface area contributed by atoms with Gasteiger partial charge in [-0.05, 0) is 11.6 Å². The summed E-state index contributed by atoms with van der Waals surface area (Å²) in [7, 11) is 0. The van der Waals surface area contributed by atoms with E-state index in [1.54, 1.807) is 5.38 Å². The molecule has 0 spiro atoms. The molecule has 3 N–H and O–H groups in total. The first-order valence-electron chi connectivity index (χ1n) is 5.88. The number of aromatic nitrogens is 1. The molecule has 1 aromatic heterocycles. The summed E-state index contributed by atoms with van der Waals surface area (Å²) in [6.45, 7) is 2.70. The van der Waals surface area contributed by atoms with Crippen LogP contribution in [0.15, 0.2) is 34.4 Å². The van der Waals surface area contributed by atoms with E-state index in [-0.39, 0.29) is 10.8 Å². The van der Waals surface area contributed by atoms with Crippen molar-refractivity contribution in [1.82, 2.24) is 10.3 Å². The Morgan fingerprint density at radius 2 is 2.11 bits per heavy atom. The van der Waals surface area contributed by atoms with E-state index in [9.17, 15) is 9.59 Å². The Morgan fingerprint density at radius 1 is 1.32 bits per heavy atom. The number of H-pyrrole nitrogens is 1. The summed E-state index contributed by atoms with van der Waals surface area (Å²) in [6, 6.07) is 7.62. The molecule has 1 heterocycles. The van der Waals surface area contributed by atoms with Crippen molar-refractivity contribution in [2.45, 2.75) is 20.0 Å². The average molecular weight is 277 g/mol. The highest BCUT2D eigenvalue weighted by atomic mass is 32.1. The summed E-state index contributed by atoms with van der Waals surface area (Å²) < 4.78 is 0. The van der Waals surface area contributed by atoms with Gasteiger partial charge in [0.2, 0.25) is 5.91 Å². The molecule has 0 radical (unpaired) electrons. The number of thiazole rings is 1. The van der Waals surface area contributed by atoms with Crippen LogP contribution < -0.4 is 15.5 Å². The third-order valence-electron chi connectivity index (χ3n) is 2.53. The zero-order valence-electron chi connectivity index (χ0n) is 10.5. The molecule has 6 heteroatoms. The standard InChI is InChI=1S/C13H15N3O2S/c1-9(17)15-12-5-3-2-4-10(12)6-14-7-11-8-19-13(18)16-11/h2-5,8,14H,6-7H2,1H3,(H,15,17)(H,16,18). The van der Waals surface area contributed by atoms with Crippen LogP contribution in [0.1, 0.15) is 18.2 Å². The highest BCUT2D eigenvalue weighted by Crippen LogP contribution is 2.14. The van der Waals surface area contributed by atoms with Crippen LogP contribution in [-0.2, 0) is 17.9 Å². The first kappa shape index (κ1) is 13.5. The van der Waals surface area contributed by atoms with Gasteiger partial charge in [0.1, 0.15) is 0 Å². The smallest absolute Gasteiger partial charge is 0.304 e. The van der Waals surface area contributed by atoms with Crippen LogP contribution in [0.2, 0.25) is 0 Å². The number of hydrogen-bond donors (Lipinski definition) is 3. The number of amides is 1. The molecule has 100 valence electrons. The monoisotopic (exact) mass is 277 g/mol. The van der Waals surface area contributed by atoms with Crippen LogP contribution in [-0.4, -0.2) is 10.9 Å². The van der Waals surface area contributed by atoms with Crippen molar-refractivity contribution in [2.24, 2.45) is 0 Å². The Morgan fingerprint density at radius 3 is 2.79 bits per heavy atom. The zero-order valence-corrected chi connectivity index (χ0v) is 11.3. The summed E-state index contributed by atoms with van der Waals surface area (Å²) in [5, 5.41) is 7.82. The number of anilines is 1. The van der Waals surface area contributed by atoms with Gasteiger partial charge in [0, 0.05) is 36.8 Å². The second-order valence-electron chi connectivity index (χ2n) is 4.12. The zero-order chi connectivity index (χ0) is 13.7. The minimum Gasteiger partial charge on any atom is -0.326 e. The fourth-order valence-corrected chi connectivity index (χ4v) is 2.30. The number of aromatic amines is 1. The van der Waals surface area contributed by atoms with Gasteiger partial charge in [0.25, 0.3) is 0 Å². The maximum atomic E-state index is 11.1. The van der Waals surface area contributed by atoms with Gasteiger partial charge in [0.05, 0.1) is 0 Å². The summed E-state index contributed by atoms with van der Waals surface area (Å²) in [4.78, 5) is 24.8. The maximum Gasteiger partial charge on any atom is 0.304 e. The topological polar surface area (TPSA) is 74.0 Å². The Bertz CT molecular complexity index is 618. The van der Waals surface area contributed by atoms with Crippen LogP contribution in [0.4, 0.5) is 5.69 Å². The normalized spacial score (nSPS) is 10.4. The van der Waals surface area contributed by atoms with Gasteiger partial charge in [-0.25, -0.2) is 0 Å². The van der Waals surface area contributed by atoms with Crippen LogP contribution >= 0.6 is 11.3 Å². The van der Waals surface area contributed by atoms with Crippen LogP contribution in [0.25, 0.3) is 0 Å². The molecule has 0 atom stereocenters. The first-order chi connectivity index (χ1) is 9.15. The quantitative estimate of drug-likeness (QED) is 0.778. The van der Waals surface area contributed by atoms with E-state index in [0.29, 0.717) is 13.1 Å². The minimum absolute atomic E-state index is 0.0459. The van der Waals surface area contributed by atoms with E-state index in [2.05, 4.69) is 15.6 Å². The number of hydrogen-bond acceptors (Lipinski definition) is 4. The summed E-state index contributed by atoms with van der Waals surface area (Å²) in [6.07, 6.45) is 0. The highest BCUT2D eigenvalue weighted by Gasteiger charge is 2.03. The molecule has 19 heavy (non-hydrogen) atoms. The summed E-state index contributed by atoms with van der Waals surface area (Å²) in [5.41, 5.74) is 2.68. The van der Waals surface area contributed by atoms with E-state index >= 15 is 0 Å². The summed E-state index contributed by atoms with van der Waals surface area (Å²) in [5.74, 6) is -0.0883. The molecule has 0 saturated heterocycles. The fourth-order valence-electron chi connectivity index (χ4n) is 1.72. The SMILES string of the molecule is CC(=O)Nc1ccccc1CNCc1csc(=O)[nH]1. The molecule has 2 aromatic rings. The molecule has 0 saturated carbocycles. The minimum atomic E-state index is -0.0883. The number of carbonyl (C=O) groups excluding carboxylic acids is 1. The van der Waals surface area contributed by atoms with Crippen molar-refractivity contribution in [1.29, 1.82) is 0 Å². The third kappa shape index (κ3) is 4.04. The summed E-state index contributed by atoms with van der Waals surface area (Å²) >= 11 is 1.15. The Kier molecular flexibility index (Phi) is 4.48. The van der Waals surface area contributed by atoms with Gasteiger partial charge in [-0.3, -0.25) is 9.59 Å². The number of nitrogens with one attached hydrogen (secondary N) is 3. The van der Waals surface area contributed by atoms with Gasteiger partial charge in [-0.1, -0.05) is 29.5 Å². The van der Waals surface area contributed by atoms with Crippen molar-refractivity contribution in [3.05, 3.63) is 50.6 Å². The second kappa shape index (κ2) is 6.31. The van der Waals surface area contributed by atoms with Crippen LogP contribution in [0.3, 0.4) is 0 Å². The Labute approximate surface area is 114 Å². The van der Waals surface area contributed by atoms with Crippen molar-refractivity contribution >= 4 is 22.9 Å². The molecule has 0 aliphatic rings. The Hall–Kier alpha value is -1.92. The third-order valence-corrected chi connectivity index (χ3v) is 3.25. The molecular weight excluding hydrogens is 262 g/mol. The molecule has 0 bridgehead atoms. The predicted octanol–water partition coefficient (Wildman–Crippen LogP) is 1.68. The number of benzene rings is 1. The van der Waals surface area contributed by atoms with E-state index in [1.807, 2.05) is 24.3 Å². The Balaban J connectivity index is 1.95. The van der Waals surface area contributed by atoms with Gasteiger partial charge >= 0.3 is 4.87 Å². The molecule has 2 rings (SSSR count).